The number of ether oxygens (including phenoxy) is 1. The van der Waals surface area contributed by atoms with Gasteiger partial charge in [-0.3, -0.25) is 4.79 Å². The summed E-state index contributed by atoms with van der Waals surface area (Å²) in [7, 11) is 0. The molecule has 0 bridgehead atoms. The molecule has 0 radical (unpaired) electrons. The Bertz CT molecular complexity index is 400. The van der Waals surface area contributed by atoms with E-state index >= 15 is 0 Å². The Kier molecular flexibility index (Phi) is 3.85. The van der Waals surface area contributed by atoms with E-state index in [0.29, 0.717) is 5.75 Å². The Morgan fingerprint density at radius 3 is 2.56 bits per heavy atom. The van der Waals surface area contributed by atoms with E-state index in [1.165, 1.54) is 6.92 Å². The average Bonchev–Trinajstić information content (AvgIpc) is 2.14. The molecule has 0 fully saturated rings. The van der Waals surface area contributed by atoms with Crippen LogP contribution >= 0.6 is 0 Å². The molecule has 0 aliphatic carbocycles. The molecule has 1 aromatic carbocycles. The van der Waals surface area contributed by atoms with Gasteiger partial charge in [0, 0.05) is 12.5 Å². The van der Waals surface area contributed by atoms with Crippen LogP contribution in [0.1, 0.15) is 26.3 Å². The predicted octanol–water partition coefficient (Wildman–Crippen LogP) is 2.40. The lowest BCUT2D eigenvalue weighted by Gasteiger charge is -2.11. The van der Waals surface area contributed by atoms with Crippen LogP contribution in [0.25, 0.3) is 6.08 Å². The molecule has 0 aromatic heterocycles. The molecule has 0 atom stereocenters. The molecule has 0 amide bonds. The molecule has 0 aliphatic rings. The van der Waals surface area contributed by atoms with Crippen molar-refractivity contribution < 1.29 is 14.6 Å². The predicted molar refractivity (Wildman–Crippen MR) is 63.1 cm³/mol. The molecule has 1 rings (SSSR count). The van der Waals surface area contributed by atoms with Gasteiger partial charge in [-0.25, -0.2) is 0 Å². The van der Waals surface area contributed by atoms with Crippen LogP contribution in [0.2, 0.25) is 0 Å². The average molecular weight is 220 g/mol. The fourth-order valence-electron chi connectivity index (χ4n) is 1.16. The molecule has 3 heteroatoms. The van der Waals surface area contributed by atoms with E-state index in [4.69, 9.17) is 4.74 Å². The fourth-order valence-corrected chi connectivity index (χ4v) is 1.16. The zero-order valence-electron chi connectivity index (χ0n) is 9.73. The topological polar surface area (TPSA) is 46.5 Å². The lowest BCUT2D eigenvalue weighted by atomic mass is 10.1. The third kappa shape index (κ3) is 4.28. The largest absolute Gasteiger partial charge is 0.426 e. The first kappa shape index (κ1) is 12.5. The summed E-state index contributed by atoms with van der Waals surface area (Å²) in [6.45, 7) is 4.71. The maximum Gasteiger partial charge on any atom is 0.308 e. The minimum absolute atomic E-state index is 0.357. The number of rotatable bonds is 3. The first-order valence-electron chi connectivity index (χ1n) is 5.07. The summed E-state index contributed by atoms with van der Waals surface area (Å²) in [6.07, 6.45) is 3.38. The number of carbonyl (C=O) groups excluding carboxylic acids is 1. The van der Waals surface area contributed by atoms with Crippen LogP contribution in [-0.4, -0.2) is 16.7 Å². The highest BCUT2D eigenvalue weighted by atomic mass is 16.5. The Morgan fingerprint density at radius 2 is 2.00 bits per heavy atom. The summed E-state index contributed by atoms with van der Waals surface area (Å²) in [5.41, 5.74) is -0.122. The minimum Gasteiger partial charge on any atom is -0.426 e. The number of para-hydroxylation sites is 1. The Balaban J connectivity index is 2.95. The third-order valence-corrected chi connectivity index (χ3v) is 1.84. The van der Waals surface area contributed by atoms with E-state index in [0.717, 1.165) is 5.56 Å². The molecular weight excluding hydrogens is 204 g/mol. The van der Waals surface area contributed by atoms with Crippen LogP contribution in [-0.2, 0) is 4.79 Å². The number of aliphatic hydroxyl groups is 1. The SMILES string of the molecule is CC(=O)Oc1ccccc1/C=C/C(C)(C)O. The molecule has 0 unspecified atom stereocenters. The van der Waals surface area contributed by atoms with Crippen molar-refractivity contribution in [2.75, 3.05) is 0 Å². The van der Waals surface area contributed by atoms with Crippen molar-refractivity contribution in [2.24, 2.45) is 0 Å². The number of benzene rings is 1. The molecule has 0 spiro atoms. The molecule has 3 nitrogen and oxygen atoms in total. The van der Waals surface area contributed by atoms with Gasteiger partial charge in [-0.2, -0.15) is 0 Å². The lowest BCUT2D eigenvalue weighted by molar-refractivity contribution is -0.131. The summed E-state index contributed by atoms with van der Waals surface area (Å²) in [5, 5.41) is 9.56. The van der Waals surface area contributed by atoms with E-state index in [2.05, 4.69) is 0 Å². The first-order chi connectivity index (χ1) is 7.38. The normalized spacial score (nSPS) is 11.8. The molecule has 16 heavy (non-hydrogen) atoms. The molecular formula is C13H16O3. The highest BCUT2D eigenvalue weighted by Crippen LogP contribution is 2.20. The van der Waals surface area contributed by atoms with Gasteiger partial charge in [0.15, 0.2) is 0 Å². The maximum absolute atomic E-state index is 10.9. The van der Waals surface area contributed by atoms with Crippen LogP contribution in [0.4, 0.5) is 0 Å². The monoisotopic (exact) mass is 220 g/mol. The highest BCUT2D eigenvalue weighted by Gasteiger charge is 2.08. The van der Waals surface area contributed by atoms with Gasteiger partial charge in [0.2, 0.25) is 0 Å². The number of hydrogen-bond acceptors (Lipinski definition) is 3. The van der Waals surface area contributed by atoms with Gasteiger partial charge in [0.25, 0.3) is 0 Å². The van der Waals surface area contributed by atoms with Crippen LogP contribution in [0.5, 0.6) is 5.75 Å². The van der Waals surface area contributed by atoms with Crippen molar-refractivity contribution in [3.05, 3.63) is 35.9 Å². The van der Waals surface area contributed by atoms with Crippen LogP contribution in [0.3, 0.4) is 0 Å². The third-order valence-electron chi connectivity index (χ3n) is 1.84. The molecule has 0 aliphatic heterocycles. The van der Waals surface area contributed by atoms with Crippen molar-refractivity contribution >= 4 is 12.0 Å². The van der Waals surface area contributed by atoms with Gasteiger partial charge in [-0.1, -0.05) is 30.4 Å². The van der Waals surface area contributed by atoms with Crippen molar-refractivity contribution in [1.29, 1.82) is 0 Å². The molecule has 0 saturated carbocycles. The molecule has 86 valence electrons. The minimum atomic E-state index is -0.886. The second-order valence-corrected chi connectivity index (χ2v) is 4.12. The van der Waals surface area contributed by atoms with Gasteiger partial charge >= 0.3 is 5.97 Å². The van der Waals surface area contributed by atoms with Crippen LogP contribution in [0, 0.1) is 0 Å². The van der Waals surface area contributed by atoms with Gasteiger partial charge in [-0.05, 0) is 19.9 Å². The zero-order chi connectivity index (χ0) is 12.2. The quantitative estimate of drug-likeness (QED) is 0.628. The van der Waals surface area contributed by atoms with E-state index in [1.54, 1.807) is 38.1 Å². The van der Waals surface area contributed by atoms with Crippen LogP contribution in [0.15, 0.2) is 30.3 Å². The van der Waals surface area contributed by atoms with Crippen molar-refractivity contribution in [2.45, 2.75) is 26.4 Å². The Labute approximate surface area is 95.4 Å². The summed E-state index contributed by atoms with van der Waals surface area (Å²) in [4.78, 5) is 10.9. The number of esters is 1. The molecule has 0 saturated heterocycles. The van der Waals surface area contributed by atoms with E-state index in [9.17, 15) is 9.90 Å². The second-order valence-electron chi connectivity index (χ2n) is 4.12. The second kappa shape index (κ2) is 4.94. The molecule has 0 heterocycles. The summed E-state index contributed by atoms with van der Waals surface area (Å²) in [5.74, 6) is 0.139. The van der Waals surface area contributed by atoms with E-state index < -0.39 is 5.60 Å². The molecule has 1 aromatic rings. The summed E-state index contributed by atoms with van der Waals surface area (Å²) < 4.78 is 5.04. The molecule has 1 N–H and O–H groups in total. The highest BCUT2D eigenvalue weighted by molar-refractivity contribution is 5.71. The summed E-state index contributed by atoms with van der Waals surface area (Å²) in [6, 6.07) is 7.17. The van der Waals surface area contributed by atoms with Gasteiger partial charge < -0.3 is 9.84 Å². The van der Waals surface area contributed by atoms with E-state index in [1.807, 2.05) is 12.1 Å². The van der Waals surface area contributed by atoms with Crippen molar-refractivity contribution in [3.8, 4) is 5.75 Å². The number of carbonyl (C=O) groups is 1. The van der Waals surface area contributed by atoms with Gasteiger partial charge in [-0.15, -0.1) is 0 Å². The lowest BCUT2D eigenvalue weighted by Crippen LogP contribution is -2.13. The standard InChI is InChI=1S/C13H16O3/c1-10(14)16-12-7-5-4-6-11(12)8-9-13(2,3)15/h4-9,15H,1-3H3/b9-8+. The Morgan fingerprint density at radius 1 is 1.38 bits per heavy atom. The Hall–Kier alpha value is -1.61. The first-order valence-corrected chi connectivity index (χ1v) is 5.07. The smallest absolute Gasteiger partial charge is 0.308 e. The van der Waals surface area contributed by atoms with Crippen molar-refractivity contribution in [1.82, 2.24) is 0 Å². The van der Waals surface area contributed by atoms with Crippen molar-refractivity contribution in [3.63, 3.8) is 0 Å². The fraction of sp³-hybridized carbons (Fsp3) is 0.308. The van der Waals surface area contributed by atoms with Crippen LogP contribution < -0.4 is 4.74 Å². The summed E-state index contributed by atoms with van der Waals surface area (Å²) >= 11 is 0. The van der Waals surface area contributed by atoms with E-state index in [-0.39, 0.29) is 5.97 Å². The van der Waals surface area contributed by atoms with Gasteiger partial charge in [0.05, 0.1) is 5.60 Å². The van der Waals surface area contributed by atoms with Gasteiger partial charge in [0.1, 0.15) is 5.75 Å². The number of hydrogen-bond donors (Lipinski definition) is 1. The maximum atomic E-state index is 10.9. The zero-order valence-corrected chi connectivity index (χ0v) is 9.73.